The Kier molecular flexibility index (Phi) is 14.6. The van der Waals surface area contributed by atoms with Gasteiger partial charge in [-0.25, -0.2) is 0 Å². The van der Waals surface area contributed by atoms with E-state index in [-0.39, 0.29) is 0 Å². The minimum absolute atomic E-state index is 0.706. The summed E-state index contributed by atoms with van der Waals surface area (Å²) in [6.45, 7) is 10.7. The van der Waals surface area contributed by atoms with Gasteiger partial charge in [0.25, 0.3) is 0 Å². The summed E-state index contributed by atoms with van der Waals surface area (Å²) in [4.78, 5) is 0. The lowest BCUT2D eigenvalue weighted by Gasteiger charge is -2.12. The molecule has 0 fully saturated rings. The van der Waals surface area contributed by atoms with Gasteiger partial charge in [0.05, 0.1) is 5.76 Å². The van der Waals surface area contributed by atoms with Crippen molar-refractivity contribution in [1.82, 2.24) is 0 Å². The molecule has 0 spiro atoms. The molecule has 21 heavy (non-hydrogen) atoms. The van der Waals surface area contributed by atoms with Crippen LogP contribution in [0.5, 0.6) is 0 Å². The Morgan fingerprint density at radius 3 is 2.52 bits per heavy atom. The first kappa shape index (κ1) is 20.0. The maximum Gasteiger partial charge on any atom is 0.106 e. The Hall–Kier alpha value is -1.02. The molecule has 0 aromatic heterocycles. The van der Waals surface area contributed by atoms with E-state index in [0.29, 0.717) is 6.61 Å². The molecule has 1 aliphatic rings. The van der Waals surface area contributed by atoms with Crippen LogP contribution >= 0.6 is 0 Å². The third kappa shape index (κ3) is 12.4. The maximum absolute atomic E-state index is 5.70. The van der Waals surface area contributed by atoms with Crippen LogP contribution in [-0.4, -0.2) is 19.8 Å². The first-order valence-electron chi connectivity index (χ1n) is 8.54. The van der Waals surface area contributed by atoms with Gasteiger partial charge in [-0.2, -0.15) is 0 Å². The van der Waals surface area contributed by atoms with Crippen molar-refractivity contribution in [3.63, 3.8) is 0 Å². The smallest absolute Gasteiger partial charge is 0.106 e. The van der Waals surface area contributed by atoms with Gasteiger partial charge in [0.2, 0.25) is 0 Å². The molecule has 0 aromatic carbocycles. The molecular formula is C19H34O2. The molecule has 0 amide bonds. The van der Waals surface area contributed by atoms with Crippen LogP contribution < -0.4 is 0 Å². The van der Waals surface area contributed by atoms with E-state index in [1.165, 1.54) is 24.8 Å². The van der Waals surface area contributed by atoms with Gasteiger partial charge in [0.15, 0.2) is 0 Å². The van der Waals surface area contributed by atoms with Crippen molar-refractivity contribution in [2.75, 3.05) is 19.8 Å². The molecule has 0 unspecified atom stereocenters. The zero-order chi connectivity index (χ0) is 15.8. The summed E-state index contributed by atoms with van der Waals surface area (Å²) in [6.07, 6.45) is 15.6. The highest BCUT2D eigenvalue weighted by Crippen LogP contribution is 2.18. The minimum atomic E-state index is 0.706. The monoisotopic (exact) mass is 294 g/mol. The van der Waals surface area contributed by atoms with E-state index in [1.807, 2.05) is 20.8 Å². The van der Waals surface area contributed by atoms with Crippen LogP contribution in [0.4, 0.5) is 0 Å². The average Bonchev–Trinajstić information content (AvgIpc) is 2.53. The summed E-state index contributed by atoms with van der Waals surface area (Å²) < 4.78 is 11.0. The third-order valence-electron chi connectivity index (χ3n) is 3.21. The summed E-state index contributed by atoms with van der Waals surface area (Å²) in [5.41, 5.74) is 1.44. The fourth-order valence-corrected chi connectivity index (χ4v) is 1.97. The quantitative estimate of drug-likeness (QED) is 0.374. The molecule has 0 saturated carbocycles. The highest BCUT2D eigenvalue weighted by molar-refractivity contribution is 5.19. The van der Waals surface area contributed by atoms with Crippen LogP contribution in [0, 0.1) is 0 Å². The van der Waals surface area contributed by atoms with Crippen LogP contribution in [0.1, 0.15) is 66.2 Å². The minimum Gasteiger partial charge on any atom is -0.494 e. The molecule has 122 valence electrons. The Bertz CT molecular complexity index is 314. The maximum atomic E-state index is 5.70. The molecular weight excluding hydrogens is 260 g/mol. The molecule has 1 aliphatic carbocycles. The highest BCUT2D eigenvalue weighted by Gasteiger charge is 2.02. The first-order chi connectivity index (χ1) is 10.3. The van der Waals surface area contributed by atoms with Gasteiger partial charge in [-0.1, -0.05) is 44.1 Å². The summed E-state index contributed by atoms with van der Waals surface area (Å²) >= 11 is 0. The van der Waals surface area contributed by atoms with Crippen molar-refractivity contribution in [3.05, 3.63) is 35.6 Å². The first-order valence-corrected chi connectivity index (χ1v) is 8.54. The van der Waals surface area contributed by atoms with Crippen molar-refractivity contribution in [2.24, 2.45) is 0 Å². The van der Waals surface area contributed by atoms with E-state index >= 15 is 0 Å². The summed E-state index contributed by atoms with van der Waals surface area (Å²) in [5.74, 6) is 1.12. The number of ether oxygens (including phenoxy) is 2. The molecule has 0 aromatic rings. The molecule has 1 rings (SSSR count). The second-order valence-electron chi connectivity index (χ2n) is 4.97. The Morgan fingerprint density at radius 1 is 1.05 bits per heavy atom. The van der Waals surface area contributed by atoms with Gasteiger partial charge >= 0.3 is 0 Å². The molecule has 0 heterocycles. The third-order valence-corrected chi connectivity index (χ3v) is 3.21. The molecule has 0 radical (unpaired) electrons. The lowest BCUT2D eigenvalue weighted by atomic mass is 10.1. The molecule has 0 saturated heterocycles. The van der Waals surface area contributed by atoms with E-state index in [0.717, 1.165) is 38.2 Å². The zero-order valence-corrected chi connectivity index (χ0v) is 14.5. The van der Waals surface area contributed by atoms with Crippen LogP contribution in [0.3, 0.4) is 0 Å². The SMILES string of the molecule is CC.CCOCCCCC/C=C/COC1=CC=C(C)CC1. The van der Waals surface area contributed by atoms with Crippen LogP contribution in [0.25, 0.3) is 0 Å². The van der Waals surface area contributed by atoms with Gasteiger partial charge < -0.3 is 9.47 Å². The Balaban J connectivity index is 0.00000191. The molecule has 0 atom stereocenters. The molecule has 0 bridgehead atoms. The molecule has 0 N–H and O–H groups in total. The van der Waals surface area contributed by atoms with Crippen molar-refractivity contribution in [1.29, 1.82) is 0 Å². The van der Waals surface area contributed by atoms with Gasteiger partial charge in [-0.15, -0.1) is 0 Å². The summed E-state index contributed by atoms with van der Waals surface area (Å²) in [5, 5.41) is 0. The summed E-state index contributed by atoms with van der Waals surface area (Å²) in [7, 11) is 0. The predicted molar refractivity (Wildman–Crippen MR) is 92.5 cm³/mol. The van der Waals surface area contributed by atoms with E-state index in [1.54, 1.807) is 0 Å². The number of unbranched alkanes of at least 4 members (excludes halogenated alkanes) is 3. The van der Waals surface area contributed by atoms with Crippen molar-refractivity contribution >= 4 is 0 Å². The number of rotatable bonds is 10. The van der Waals surface area contributed by atoms with E-state index in [9.17, 15) is 0 Å². The second-order valence-corrected chi connectivity index (χ2v) is 4.97. The average molecular weight is 294 g/mol. The van der Waals surface area contributed by atoms with Crippen LogP contribution in [0.2, 0.25) is 0 Å². The largest absolute Gasteiger partial charge is 0.494 e. The summed E-state index contributed by atoms with van der Waals surface area (Å²) in [6, 6.07) is 0. The van der Waals surface area contributed by atoms with Gasteiger partial charge in [-0.05, 0) is 45.6 Å². The van der Waals surface area contributed by atoms with E-state index in [4.69, 9.17) is 9.47 Å². The van der Waals surface area contributed by atoms with Gasteiger partial charge in [0, 0.05) is 19.6 Å². The number of hydrogen-bond acceptors (Lipinski definition) is 2. The topological polar surface area (TPSA) is 18.5 Å². The normalized spacial score (nSPS) is 14.3. The molecule has 0 aliphatic heterocycles. The van der Waals surface area contributed by atoms with Crippen LogP contribution in [0.15, 0.2) is 35.6 Å². The standard InChI is InChI=1S/C17H28O2.C2H6/c1-3-18-14-8-6-4-5-7-9-15-19-17-12-10-16(2)11-13-17;1-2/h7,9-10,12H,3-6,8,11,13-15H2,1-2H3;1-2H3/b9-7+;. The van der Waals surface area contributed by atoms with E-state index in [2.05, 4.69) is 31.2 Å². The van der Waals surface area contributed by atoms with E-state index < -0.39 is 0 Å². The highest BCUT2D eigenvalue weighted by atomic mass is 16.5. The lowest BCUT2D eigenvalue weighted by molar-refractivity contribution is 0.143. The lowest BCUT2D eigenvalue weighted by Crippen LogP contribution is -1.96. The molecule has 2 heteroatoms. The number of hydrogen-bond donors (Lipinski definition) is 0. The zero-order valence-electron chi connectivity index (χ0n) is 14.5. The van der Waals surface area contributed by atoms with Crippen molar-refractivity contribution < 1.29 is 9.47 Å². The Morgan fingerprint density at radius 2 is 1.86 bits per heavy atom. The fourth-order valence-electron chi connectivity index (χ4n) is 1.97. The van der Waals surface area contributed by atoms with Crippen LogP contribution in [-0.2, 0) is 9.47 Å². The van der Waals surface area contributed by atoms with Crippen molar-refractivity contribution in [3.8, 4) is 0 Å². The second kappa shape index (κ2) is 15.4. The number of allylic oxidation sites excluding steroid dienone is 5. The Labute approximate surface area is 131 Å². The van der Waals surface area contributed by atoms with Gasteiger partial charge in [-0.3, -0.25) is 0 Å². The van der Waals surface area contributed by atoms with Crippen molar-refractivity contribution in [2.45, 2.75) is 66.2 Å². The van der Waals surface area contributed by atoms with Gasteiger partial charge in [0.1, 0.15) is 6.61 Å². The predicted octanol–water partition coefficient (Wildman–Crippen LogP) is 5.81. The fraction of sp³-hybridized carbons (Fsp3) is 0.684. The molecule has 2 nitrogen and oxygen atoms in total.